The summed E-state index contributed by atoms with van der Waals surface area (Å²) in [6.45, 7) is 3.59. The first kappa shape index (κ1) is 14.0. The second-order valence-corrected chi connectivity index (χ2v) is 4.52. The van der Waals surface area contributed by atoms with Gasteiger partial charge < -0.3 is 15.0 Å². The Morgan fingerprint density at radius 3 is 2.53 bits per heavy atom. The minimum atomic E-state index is -4.66. The molecule has 19 heavy (non-hydrogen) atoms. The molecule has 1 saturated heterocycles. The summed E-state index contributed by atoms with van der Waals surface area (Å²) in [6, 6.07) is 6.10. The smallest absolute Gasteiger partial charge is 0.404 e. The summed E-state index contributed by atoms with van der Waals surface area (Å²) in [5.41, 5.74) is 0.374. The fraction of sp³-hybridized carbons (Fsp3) is 0.538. The van der Waals surface area contributed by atoms with E-state index in [2.05, 4.69) is 15.0 Å². The number of hydrogen-bond donors (Lipinski definition) is 1. The zero-order chi connectivity index (χ0) is 13.7. The lowest BCUT2D eigenvalue weighted by Crippen LogP contribution is -2.26. The molecule has 1 aliphatic heterocycles. The van der Waals surface area contributed by atoms with Crippen LogP contribution < -0.4 is 10.1 Å². The number of hydrogen-bond acceptors (Lipinski definition) is 3. The van der Waals surface area contributed by atoms with Crippen LogP contribution in [-0.2, 0) is 0 Å². The molecule has 0 amide bonds. The summed E-state index contributed by atoms with van der Waals surface area (Å²) in [7, 11) is 0. The molecule has 1 aliphatic rings. The maximum atomic E-state index is 12.2. The lowest BCUT2D eigenvalue weighted by Gasteiger charge is -2.17. The van der Waals surface area contributed by atoms with E-state index in [1.54, 1.807) is 12.1 Å². The molecule has 0 unspecified atom stereocenters. The molecule has 1 aromatic rings. The fourth-order valence-electron chi connectivity index (χ4n) is 2.18. The van der Waals surface area contributed by atoms with Crippen molar-refractivity contribution in [2.45, 2.75) is 19.2 Å². The van der Waals surface area contributed by atoms with Gasteiger partial charge in [-0.2, -0.15) is 0 Å². The summed E-state index contributed by atoms with van der Waals surface area (Å²) in [6.07, 6.45) is -2.26. The quantitative estimate of drug-likeness (QED) is 0.893. The van der Waals surface area contributed by atoms with Gasteiger partial charge in [-0.1, -0.05) is 12.1 Å². The van der Waals surface area contributed by atoms with E-state index in [4.69, 9.17) is 0 Å². The van der Waals surface area contributed by atoms with Crippen molar-refractivity contribution in [3.63, 3.8) is 0 Å². The van der Waals surface area contributed by atoms with Crippen LogP contribution in [0, 0.1) is 0 Å². The molecule has 0 saturated carbocycles. The first-order valence-electron chi connectivity index (χ1n) is 6.35. The largest absolute Gasteiger partial charge is 0.573 e. The molecule has 0 bridgehead atoms. The van der Waals surface area contributed by atoms with E-state index in [0.717, 1.165) is 19.6 Å². The molecule has 6 heteroatoms. The summed E-state index contributed by atoms with van der Waals surface area (Å²) in [5, 5.41) is 3.00. The lowest BCUT2D eigenvalue weighted by atomic mass is 10.3. The van der Waals surface area contributed by atoms with Gasteiger partial charge in [-0.05, 0) is 38.1 Å². The number of halogens is 3. The Morgan fingerprint density at radius 2 is 1.84 bits per heavy atom. The van der Waals surface area contributed by atoms with Crippen molar-refractivity contribution in [1.82, 2.24) is 4.90 Å². The Morgan fingerprint density at radius 1 is 1.16 bits per heavy atom. The number of para-hydroxylation sites is 2. The zero-order valence-electron chi connectivity index (χ0n) is 10.5. The van der Waals surface area contributed by atoms with Gasteiger partial charge in [0.1, 0.15) is 0 Å². The summed E-state index contributed by atoms with van der Waals surface area (Å²) >= 11 is 0. The molecule has 3 nitrogen and oxygen atoms in total. The van der Waals surface area contributed by atoms with Crippen LogP contribution in [0.4, 0.5) is 18.9 Å². The topological polar surface area (TPSA) is 24.5 Å². The first-order chi connectivity index (χ1) is 9.04. The van der Waals surface area contributed by atoms with Crippen LogP contribution >= 0.6 is 0 Å². The highest BCUT2D eigenvalue weighted by atomic mass is 19.4. The maximum absolute atomic E-state index is 12.2. The zero-order valence-corrected chi connectivity index (χ0v) is 10.5. The van der Waals surface area contributed by atoms with E-state index in [-0.39, 0.29) is 5.75 Å². The summed E-state index contributed by atoms with van der Waals surface area (Å²) in [4.78, 5) is 2.29. The second kappa shape index (κ2) is 6.14. The molecule has 1 N–H and O–H groups in total. The maximum Gasteiger partial charge on any atom is 0.573 e. The van der Waals surface area contributed by atoms with Crippen molar-refractivity contribution in [3.8, 4) is 5.75 Å². The van der Waals surface area contributed by atoms with Crippen molar-refractivity contribution in [1.29, 1.82) is 0 Å². The molecule has 0 radical (unpaired) electrons. The number of rotatable bonds is 5. The van der Waals surface area contributed by atoms with Gasteiger partial charge in [0.25, 0.3) is 0 Å². The molecule has 0 aliphatic carbocycles. The molecule has 1 fully saturated rings. The number of nitrogens with zero attached hydrogens (tertiary/aromatic N) is 1. The molecular weight excluding hydrogens is 257 g/mol. The van der Waals surface area contributed by atoms with Crippen LogP contribution in [0.25, 0.3) is 0 Å². The van der Waals surface area contributed by atoms with E-state index >= 15 is 0 Å². The average molecular weight is 274 g/mol. The normalized spacial score (nSPS) is 16.6. The van der Waals surface area contributed by atoms with Gasteiger partial charge in [0.05, 0.1) is 5.69 Å². The van der Waals surface area contributed by atoms with E-state index in [1.807, 2.05) is 0 Å². The van der Waals surface area contributed by atoms with Gasteiger partial charge in [-0.3, -0.25) is 0 Å². The van der Waals surface area contributed by atoms with Crippen molar-refractivity contribution >= 4 is 5.69 Å². The van der Waals surface area contributed by atoms with Crippen molar-refractivity contribution in [2.75, 3.05) is 31.5 Å². The Bertz CT molecular complexity index is 403. The van der Waals surface area contributed by atoms with Gasteiger partial charge in [0.15, 0.2) is 5.75 Å². The highest BCUT2D eigenvalue weighted by molar-refractivity contribution is 5.56. The number of ether oxygens (including phenoxy) is 1. The molecule has 0 spiro atoms. The third-order valence-corrected chi connectivity index (χ3v) is 3.05. The number of alkyl halides is 3. The van der Waals surface area contributed by atoms with Gasteiger partial charge in [0, 0.05) is 13.1 Å². The van der Waals surface area contributed by atoms with Crippen LogP contribution in [0.3, 0.4) is 0 Å². The Hall–Kier alpha value is -1.43. The standard InChI is InChI=1S/C13H17F3N2O/c14-13(15,16)19-12-6-2-1-5-11(12)17-7-10-18-8-3-4-9-18/h1-2,5-6,17H,3-4,7-10H2. The monoisotopic (exact) mass is 274 g/mol. The molecule has 0 atom stereocenters. The number of benzene rings is 1. The third kappa shape index (κ3) is 4.63. The van der Waals surface area contributed by atoms with Gasteiger partial charge in [-0.25, -0.2) is 0 Å². The number of likely N-dealkylation sites (tertiary alicyclic amines) is 1. The van der Waals surface area contributed by atoms with Crippen LogP contribution in [0.1, 0.15) is 12.8 Å². The molecule has 2 rings (SSSR count). The predicted molar refractivity (Wildman–Crippen MR) is 67.3 cm³/mol. The summed E-state index contributed by atoms with van der Waals surface area (Å²) in [5.74, 6) is -0.184. The van der Waals surface area contributed by atoms with Gasteiger partial charge in [0.2, 0.25) is 0 Å². The van der Waals surface area contributed by atoms with Gasteiger partial charge in [-0.15, -0.1) is 13.2 Å². The molecule has 106 valence electrons. The fourth-order valence-corrected chi connectivity index (χ4v) is 2.18. The summed E-state index contributed by atoms with van der Waals surface area (Å²) < 4.78 is 40.7. The Balaban J connectivity index is 1.88. The Kier molecular flexibility index (Phi) is 4.52. The van der Waals surface area contributed by atoms with Crippen LogP contribution in [0.2, 0.25) is 0 Å². The number of anilines is 1. The molecular formula is C13H17F3N2O. The van der Waals surface area contributed by atoms with E-state index in [1.165, 1.54) is 25.0 Å². The van der Waals surface area contributed by atoms with Gasteiger partial charge >= 0.3 is 6.36 Å². The predicted octanol–water partition coefficient (Wildman–Crippen LogP) is 3.09. The third-order valence-electron chi connectivity index (χ3n) is 3.05. The first-order valence-corrected chi connectivity index (χ1v) is 6.35. The molecule has 1 heterocycles. The molecule has 0 aromatic heterocycles. The minimum Gasteiger partial charge on any atom is -0.404 e. The minimum absolute atomic E-state index is 0.184. The average Bonchev–Trinajstić information content (AvgIpc) is 2.82. The van der Waals surface area contributed by atoms with E-state index < -0.39 is 6.36 Å². The van der Waals surface area contributed by atoms with E-state index in [0.29, 0.717) is 12.2 Å². The number of nitrogens with one attached hydrogen (secondary N) is 1. The van der Waals surface area contributed by atoms with Crippen LogP contribution in [0.5, 0.6) is 5.75 Å². The van der Waals surface area contributed by atoms with Crippen LogP contribution in [-0.4, -0.2) is 37.4 Å². The SMILES string of the molecule is FC(F)(F)Oc1ccccc1NCCN1CCCC1. The Labute approximate surface area is 110 Å². The van der Waals surface area contributed by atoms with Crippen LogP contribution in [0.15, 0.2) is 24.3 Å². The highest BCUT2D eigenvalue weighted by Gasteiger charge is 2.32. The van der Waals surface area contributed by atoms with Crippen molar-refractivity contribution in [3.05, 3.63) is 24.3 Å². The highest BCUT2D eigenvalue weighted by Crippen LogP contribution is 2.29. The van der Waals surface area contributed by atoms with E-state index in [9.17, 15) is 13.2 Å². The lowest BCUT2D eigenvalue weighted by molar-refractivity contribution is -0.274. The van der Waals surface area contributed by atoms with Crippen molar-refractivity contribution in [2.24, 2.45) is 0 Å². The van der Waals surface area contributed by atoms with Crippen molar-refractivity contribution < 1.29 is 17.9 Å². The second-order valence-electron chi connectivity index (χ2n) is 4.52. The molecule has 1 aromatic carbocycles.